The van der Waals surface area contributed by atoms with Gasteiger partial charge in [-0.1, -0.05) is 17.7 Å². The summed E-state index contributed by atoms with van der Waals surface area (Å²) in [6.45, 7) is 5.32. The van der Waals surface area contributed by atoms with Crippen LogP contribution in [0.3, 0.4) is 0 Å². The second-order valence-corrected chi connectivity index (χ2v) is 8.33. The number of carbonyl (C=O) groups is 1. The predicted molar refractivity (Wildman–Crippen MR) is 124 cm³/mol. The van der Waals surface area contributed by atoms with E-state index in [4.69, 9.17) is 16.3 Å². The average molecular weight is 441 g/mol. The first-order valence-electron chi connectivity index (χ1n) is 11.0. The highest BCUT2D eigenvalue weighted by Gasteiger charge is 2.15. The summed E-state index contributed by atoms with van der Waals surface area (Å²) in [6.07, 6.45) is 4.83. The van der Waals surface area contributed by atoms with E-state index < -0.39 is 0 Å². The van der Waals surface area contributed by atoms with Gasteiger partial charge < -0.3 is 15.0 Å². The van der Waals surface area contributed by atoms with Crippen molar-refractivity contribution in [3.8, 4) is 11.4 Å². The zero-order valence-electron chi connectivity index (χ0n) is 17.7. The van der Waals surface area contributed by atoms with Gasteiger partial charge in [0.05, 0.1) is 24.6 Å². The molecule has 2 aromatic heterocycles. The second-order valence-electron chi connectivity index (χ2n) is 7.89. The molecule has 1 aromatic carbocycles. The third kappa shape index (κ3) is 5.85. The zero-order valence-corrected chi connectivity index (χ0v) is 18.5. The Morgan fingerprint density at radius 3 is 2.87 bits per heavy atom. The number of aromatic nitrogens is 2. The van der Waals surface area contributed by atoms with Crippen LogP contribution in [0.4, 0.5) is 0 Å². The number of aryl methyl sites for hydroxylation is 1. The van der Waals surface area contributed by atoms with Gasteiger partial charge in [0.2, 0.25) is 5.91 Å². The number of nitrogens with one attached hydrogen (secondary N) is 2. The van der Waals surface area contributed by atoms with E-state index in [1.165, 1.54) is 0 Å². The number of nitrogens with zero attached hydrogens (tertiary/aromatic N) is 2. The molecule has 2 N–H and O–H groups in total. The maximum absolute atomic E-state index is 12.3. The first-order chi connectivity index (χ1) is 15.2. The van der Waals surface area contributed by atoms with Gasteiger partial charge in [-0.05, 0) is 61.7 Å². The van der Waals surface area contributed by atoms with Crippen molar-refractivity contribution in [2.45, 2.75) is 25.7 Å². The molecule has 4 rings (SSSR count). The number of carbonyl (C=O) groups excluding carboxylic acids is 1. The molecule has 0 atom stereocenters. The van der Waals surface area contributed by atoms with Crippen LogP contribution in [0.15, 0.2) is 42.6 Å². The lowest BCUT2D eigenvalue weighted by atomic mass is 10.0. The van der Waals surface area contributed by atoms with Crippen LogP contribution in [0, 0.1) is 0 Å². The molecular weight excluding hydrogens is 412 g/mol. The summed E-state index contributed by atoms with van der Waals surface area (Å²) in [7, 11) is 0. The summed E-state index contributed by atoms with van der Waals surface area (Å²) < 4.78 is 5.36. The second kappa shape index (κ2) is 10.8. The summed E-state index contributed by atoms with van der Waals surface area (Å²) in [6, 6.07) is 11.8. The van der Waals surface area contributed by atoms with Crippen LogP contribution >= 0.6 is 11.6 Å². The van der Waals surface area contributed by atoms with Crippen LogP contribution in [0.25, 0.3) is 22.3 Å². The Labute approximate surface area is 187 Å². The lowest BCUT2D eigenvalue weighted by Crippen LogP contribution is -2.38. The number of fused-ring (bicyclic) bond motifs is 1. The molecule has 0 spiro atoms. The molecule has 0 radical (unpaired) electrons. The summed E-state index contributed by atoms with van der Waals surface area (Å²) in [5, 5.41) is 4.86. The van der Waals surface area contributed by atoms with Gasteiger partial charge in [-0.15, -0.1) is 0 Å². The number of pyridine rings is 1. The number of amides is 1. The van der Waals surface area contributed by atoms with Gasteiger partial charge in [0.1, 0.15) is 0 Å². The van der Waals surface area contributed by atoms with E-state index in [0.29, 0.717) is 11.4 Å². The number of rotatable bonds is 9. The van der Waals surface area contributed by atoms with Crippen molar-refractivity contribution in [3.05, 3.63) is 53.2 Å². The van der Waals surface area contributed by atoms with Crippen molar-refractivity contribution in [1.29, 1.82) is 0 Å². The Balaban J connectivity index is 1.32. The Bertz CT molecular complexity index is 999. The van der Waals surface area contributed by atoms with Crippen LogP contribution in [0.1, 0.15) is 24.8 Å². The minimum Gasteiger partial charge on any atom is -0.379 e. The molecule has 1 aliphatic rings. The minimum atomic E-state index is 0.110. The lowest BCUT2D eigenvalue weighted by molar-refractivity contribution is -0.121. The molecule has 0 unspecified atom stereocenters. The number of hydrogen-bond acceptors (Lipinski definition) is 4. The highest BCUT2D eigenvalue weighted by Crippen LogP contribution is 2.32. The maximum Gasteiger partial charge on any atom is 0.220 e. The largest absolute Gasteiger partial charge is 0.379 e. The molecule has 164 valence electrons. The Morgan fingerprint density at radius 2 is 2.06 bits per heavy atom. The SMILES string of the molecule is O=C(CCCc1c(-c2ccccn2)[nH]c2ccc(Cl)cc12)NCCCN1CCOCC1. The van der Waals surface area contributed by atoms with E-state index in [9.17, 15) is 4.79 Å². The number of benzene rings is 1. The highest BCUT2D eigenvalue weighted by atomic mass is 35.5. The number of H-pyrrole nitrogens is 1. The number of hydrogen-bond donors (Lipinski definition) is 2. The van der Waals surface area contributed by atoms with Crippen molar-refractivity contribution in [1.82, 2.24) is 20.2 Å². The van der Waals surface area contributed by atoms with Crippen LogP contribution < -0.4 is 5.32 Å². The van der Waals surface area contributed by atoms with Crippen LogP contribution in [0.2, 0.25) is 5.02 Å². The first kappa shape index (κ1) is 21.8. The molecule has 1 fully saturated rings. The summed E-state index contributed by atoms with van der Waals surface area (Å²) >= 11 is 6.25. The standard InChI is InChI=1S/C24H29ClN4O2/c25-18-8-9-21-20(17-18)19(24(28-21)22-6-1-2-10-26-22)5-3-7-23(30)27-11-4-12-29-13-15-31-16-14-29/h1-2,6,8-10,17,28H,3-5,7,11-16H2,(H,27,30). The molecule has 7 heteroatoms. The van der Waals surface area contributed by atoms with Gasteiger partial charge in [-0.3, -0.25) is 14.7 Å². The molecule has 6 nitrogen and oxygen atoms in total. The Hall–Kier alpha value is -2.41. The first-order valence-corrected chi connectivity index (χ1v) is 11.4. The number of aromatic amines is 1. The number of ether oxygens (including phenoxy) is 1. The quantitative estimate of drug-likeness (QED) is 0.492. The molecule has 1 amide bonds. The van der Waals surface area contributed by atoms with Crippen LogP contribution in [-0.4, -0.2) is 60.2 Å². The van der Waals surface area contributed by atoms with Gasteiger partial charge in [0, 0.05) is 48.2 Å². The van der Waals surface area contributed by atoms with Crippen molar-refractivity contribution in [2.24, 2.45) is 0 Å². The molecule has 1 saturated heterocycles. The molecule has 31 heavy (non-hydrogen) atoms. The summed E-state index contributed by atoms with van der Waals surface area (Å²) in [4.78, 5) is 22.7. The lowest BCUT2D eigenvalue weighted by Gasteiger charge is -2.26. The van der Waals surface area contributed by atoms with E-state index in [0.717, 1.165) is 86.5 Å². The van der Waals surface area contributed by atoms with Gasteiger partial charge in [0.15, 0.2) is 0 Å². The molecule has 0 saturated carbocycles. The fourth-order valence-electron chi connectivity index (χ4n) is 4.08. The van der Waals surface area contributed by atoms with Crippen molar-refractivity contribution >= 4 is 28.4 Å². The highest BCUT2D eigenvalue weighted by molar-refractivity contribution is 6.31. The molecule has 3 heterocycles. The average Bonchev–Trinajstić information content (AvgIpc) is 3.16. The van der Waals surface area contributed by atoms with Crippen molar-refractivity contribution in [3.63, 3.8) is 0 Å². The van der Waals surface area contributed by atoms with Gasteiger partial charge in [0.25, 0.3) is 0 Å². The topological polar surface area (TPSA) is 70.2 Å². The molecular formula is C24H29ClN4O2. The molecule has 0 aliphatic carbocycles. The van der Waals surface area contributed by atoms with Gasteiger partial charge in [-0.25, -0.2) is 0 Å². The monoisotopic (exact) mass is 440 g/mol. The fourth-order valence-corrected chi connectivity index (χ4v) is 4.25. The predicted octanol–water partition coefficient (Wildman–Crippen LogP) is 4.04. The molecule has 1 aliphatic heterocycles. The van der Waals surface area contributed by atoms with E-state index in [1.54, 1.807) is 6.20 Å². The van der Waals surface area contributed by atoms with Crippen LogP contribution in [0.5, 0.6) is 0 Å². The summed E-state index contributed by atoms with van der Waals surface area (Å²) in [5.41, 5.74) is 4.10. The molecule has 0 bridgehead atoms. The van der Waals surface area contributed by atoms with Crippen LogP contribution in [-0.2, 0) is 16.0 Å². The zero-order chi connectivity index (χ0) is 21.5. The number of halogens is 1. The third-order valence-corrected chi connectivity index (χ3v) is 5.93. The van der Waals surface area contributed by atoms with Crippen molar-refractivity contribution in [2.75, 3.05) is 39.4 Å². The third-order valence-electron chi connectivity index (χ3n) is 5.70. The fraction of sp³-hybridized carbons (Fsp3) is 0.417. The Morgan fingerprint density at radius 1 is 1.19 bits per heavy atom. The van der Waals surface area contributed by atoms with E-state index in [1.807, 2.05) is 36.4 Å². The number of morpholine rings is 1. The van der Waals surface area contributed by atoms with Crippen molar-refractivity contribution < 1.29 is 9.53 Å². The molecule has 3 aromatic rings. The summed E-state index contributed by atoms with van der Waals surface area (Å²) in [5.74, 6) is 0.110. The smallest absolute Gasteiger partial charge is 0.220 e. The van der Waals surface area contributed by atoms with E-state index in [-0.39, 0.29) is 5.91 Å². The minimum absolute atomic E-state index is 0.110. The maximum atomic E-state index is 12.3. The van der Waals surface area contributed by atoms with Gasteiger partial charge in [-0.2, -0.15) is 0 Å². The normalized spacial score (nSPS) is 14.7. The Kier molecular flexibility index (Phi) is 7.57. The van der Waals surface area contributed by atoms with E-state index in [2.05, 4.69) is 20.2 Å². The van der Waals surface area contributed by atoms with E-state index >= 15 is 0 Å². The van der Waals surface area contributed by atoms with Gasteiger partial charge >= 0.3 is 0 Å².